The molecule has 5 aromatic rings. The zero-order valence-electron chi connectivity index (χ0n) is 38.6. The zero-order chi connectivity index (χ0) is 47.9. The number of rotatable bonds is 15. The summed E-state index contributed by atoms with van der Waals surface area (Å²) in [6.45, 7) is 3.56. The third kappa shape index (κ3) is 16.3. The molecule has 0 saturated heterocycles. The first kappa shape index (κ1) is 52.3. The lowest BCUT2D eigenvalue weighted by Gasteiger charge is -2.34. The number of benzene rings is 5. The van der Waals surface area contributed by atoms with Gasteiger partial charge >= 0.3 is 11.9 Å². The molecule has 1 heterocycles. The molecule has 1 fully saturated rings. The highest BCUT2D eigenvalue weighted by molar-refractivity contribution is 6.09. The smallest absolute Gasteiger partial charge is 0.310 e. The number of fused-ring (bicyclic) bond motifs is 2. The van der Waals surface area contributed by atoms with Crippen molar-refractivity contribution in [1.29, 1.82) is 0 Å². The second kappa shape index (κ2) is 27.2. The summed E-state index contributed by atoms with van der Waals surface area (Å²) >= 11 is 0. The van der Waals surface area contributed by atoms with E-state index in [-0.39, 0.29) is 30.8 Å². The molecule has 1 aliphatic carbocycles. The summed E-state index contributed by atoms with van der Waals surface area (Å²) < 4.78 is 16.3. The number of carbonyl (C=O) groups is 3. The number of ether oxygens (including phenoxy) is 3. The van der Waals surface area contributed by atoms with Gasteiger partial charge in [-0.3, -0.25) is 14.4 Å². The van der Waals surface area contributed by atoms with Gasteiger partial charge in [-0.15, -0.1) is 0 Å². The molecule has 2 atom stereocenters. The topological polar surface area (TPSA) is 189 Å². The maximum atomic E-state index is 12.2. The lowest BCUT2D eigenvalue weighted by molar-refractivity contribution is -0.140. The lowest BCUT2D eigenvalue weighted by Crippen LogP contribution is -2.34. The maximum Gasteiger partial charge on any atom is 0.310 e. The van der Waals surface area contributed by atoms with Crippen molar-refractivity contribution < 1.29 is 49.0 Å². The van der Waals surface area contributed by atoms with Gasteiger partial charge < -0.3 is 45.3 Å². The fraction of sp³-hybridized carbons (Fsp3) is 0.352. The van der Waals surface area contributed by atoms with E-state index in [9.17, 15) is 14.4 Å². The number of aliphatic hydroxyl groups excluding tert-OH is 2. The van der Waals surface area contributed by atoms with E-state index in [1.807, 2.05) is 24.3 Å². The number of nitrogens with zero attached hydrogens (tertiary/aromatic N) is 1. The summed E-state index contributed by atoms with van der Waals surface area (Å²) in [6, 6.07) is 39.7. The number of carboxylic acids is 2. The molecule has 2 aliphatic rings. The van der Waals surface area contributed by atoms with E-state index in [4.69, 9.17) is 40.4 Å². The van der Waals surface area contributed by atoms with Crippen LogP contribution in [0.3, 0.4) is 0 Å². The average Bonchev–Trinajstić information content (AvgIpc) is 3.50. The summed E-state index contributed by atoms with van der Waals surface area (Å²) in [6.07, 6.45) is 8.28. The minimum absolute atomic E-state index is 0.0525. The minimum Gasteiger partial charge on any atom is -0.493 e. The summed E-state index contributed by atoms with van der Waals surface area (Å²) in [7, 11) is 5.76. The van der Waals surface area contributed by atoms with Gasteiger partial charge in [0.2, 0.25) is 0 Å². The van der Waals surface area contributed by atoms with Crippen LogP contribution in [-0.4, -0.2) is 96.7 Å². The van der Waals surface area contributed by atoms with E-state index in [2.05, 4.69) is 67.5 Å². The first-order valence-corrected chi connectivity index (χ1v) is 22.4. The van der Waals surface area contributed by atoms with E-state index in [0.717, 1.165) is 44.4 Å². The van der Waals surface area contributed by atoms with Crippen LogP contribution in [0.2, 0.25) is 0 Å². The Morgan fingerprint density at radius 3 is 2.06 bits per heavy atom. The Bertz CT molecular complexity index is 2260. The largest absolute Gasteiger partial charge is 0.493 e. The molecule has 1 saturated carbocycles. The third-order valence-corrected chi connectivity index (χ3v) is 11.4. The Balaban J connectivity index is 0.000000197. The van der Waals surface area contributed by atoms with E-state index in [0.29, 0.717) is 41.3 Å². The number of hydrogen-bond donors (Lipinski definition) is 5. The summed E-state index contributed by atoms with van der Waals surface area (Å²) in [5.74, 6) is -0.180. The molecule has 0 radical (unpaired) electrons. The quantitative estimate of drug-likeness (QED) is 0.0629. The van der Waals surface area contributed by atoms with Crippen LogP contribution in [0.1, 0.15) is 96.0 Å². The first-order valence-electron chi connectivity index (χ1n) is 22.4. The van der Waals surface area contributed by atoms with Crippen molar-refractivity contribution in [3.05, 3.63) is 167 Å². The Hall–Kier alpha value is -6.31. The molecule has 0 aromatic heterocycles. The standard InChI is InChI=1S/C19H21NO.C16H14O3.C10H14O4.C9H17NO2/c1-20(2)13-7-11-17-16-9-4-3-8-15(16)14-21-19-12-6-5-10-18(17)19;1-11(16(18)19)13-8-5-9-14(10-13)15(17)12-6-3-2-4-7-12;1-13-9-4-2-3-5-10(9)14-7-8(12)6-11;10-7-9(6-8(11)12)4-2-1-3-5-9/h3-6,8-12H,7,13-14H2,1-2H3;2-11H,1H3,(H,18,19);2-5,8,11-12H,6-7H2,1H3;1-7,10H2,(H,11,12). The monoisotopic (exact) mass is 902 g/mol. The molecule has 1 aliphatic heterocycles. The van der Waals surface area contributed by atoms with Crippen LogP contribution < -0.4 is 19.9 Å². The second-order valence-electron chi connectivity index (χ2n) is 16.7. The first-order chi connectivity index (χ1) is 31.8. The maximum absolute atomic E-state index is 12.2. The molecule has 0 amide bonds. The molecule has 7 rings (SSSR count). The van der Waals surface area contributed by atoms with Crippen LogP contribution in [0.5, 0.6) is 17.2 Å². The van der Waals surface area contributed by atoms with Crippen LogP contribution in [-0.2, 0) is 16.2 Å². The summed E-state index contributed by atoms with van der Waals surface area (Å²) in [5, 5.41) is 35.3. The van der Waals surface area contributed by atoms with Crippen molar-refractivity contribution in [2.24, 2.45) is 11.1 Å². The van der Waals surface area contributed by atoms with Gasteiger partial charge in [-0.05, 0) is 98.8 Å². The lowest BCUT2D eigenvalue weighted by atomic mass is 9.72. The number of methoxy groups -OCH3 is 1. The number of nitrogens with two attached hydrogens (primary N) is 1. The van der Waals surface area contributed by atoms with Crippen molar-refractivity contribution in [2.75, 3.05) is 47.5 Å². The van der Waals surface area contributed by atoms with Gasteiger partial charge in [0.1, 0.15) is 25.1 Å². The Labute approximate surface area is 389 Å². The Morgan fingerprint density at radius 1 is 0.803 bits per heavy atom. The Kier molecular flexibility index (Phi) is 21.6. The van der Waals surface area contributed by atoms with Gasteiger partial charge in [-0.25, -0.2) is 0 Å². The number of aliphatic carboxylic acids is 2. The van der Waals surface area contributed by atoms with Gasteiger partial charge in [0.05, 0.1) is 26.1 Å². The number of ketones is 1. The highest BCUT2D eigenvalue weighted by atomic mass is 16.5. The molecule has 352 valence electrons. The summed E-state index contributed by atoms with van der Waals surface area (Å²) in [4.78, 5) is 36.0. The van der Waals surface area contributed by atoms with Crippen LogP contribution in [0.15, 0.2) is 133 Å². The fourth-order valence-electron chi connectivity index (χ4n) is 7.61. The molecular formula is C54H66N2O10. The molecule has 12 heteroatoms. The van der Waals surface area contributed by atoms with E-state index >= 15 is 0 Å². The number of carboxylic acid groups (broad SMARTS) is 2. The summed E-state index contributed by atoms with van der Waals surface area (Å²) in [5.41, 5.74) is 12.3. The average molecular weight is 903 g/mol. The van der Waals surface area contributed by atoms with Crippen LogP contribution >= 0.6 is 0 Å². The molecule has 5 aromatic carbocycles. The van der Waals surface area contributed by atoms with Crippen LogP contribution in [0.4, 0.5) is 0 Å². The predicted octanol–water partition coefficient (Wildman–Crippen LogP) is 8.87. The number of para-hydroxylation sites is 3. The van der Waals surface area contributed by atoms with Crippen molar-refractivity contribution in [3.63, 3.8) is 0 Å². The highest BCUT2D eigenvalue weighted by Crippen LogP contribution is 2.39. The van der Waals surface area contributed by atoms with Crippen molar-refractivity contribution in [1.82, 2.24) is 4.90 Å². The Morgan fingerprint density at radius 2 is 1.42 bits per heavy atom. The number of hydrogen-bond acceptors (Lipinski definition) is 10. The zero-order valence-corrected chi connectivity index (χ0v) is 38.6. The molecule has 12 nitrogen and oxygen atoms in total. The van der Waals surface area contributed by atoms with Gasteiger partial charge in [-0.2, -0.15) is 0 Å². The van der Waals surface area contributed by atoms with E-state index < -0.39 is 24.0 Å². The van der Waals surface area contributed by atoms with Crippen LogP contribution in [0, 0.1) is 5.41 Å². The van der Waals surface area contributed by atoms with E-state index in [1.165, 1.54) is 28.7 Å². The van der Waals surface area contributed by atoms with Gasteiger partial charge in [0.25, 0.3) is 0 Å². The highest BCUT2D eigenvalue weighted by Gasteiger charge is 2.32. The van der Waals surface area contributed by atoms with Crippen molar-refractivity contribution in [3.8, 4) is 17.2 Å². The third-order valence-electron chi connectivity index (χ3n) is 11.4. The molecule has 66 heavy (non-hydrogen) atoms. The van der Waals surface area contributed by atoms with Gasteiger partial charge in [0, 0.05) is 23.2 Å². The second-order valence-corrected chi connectivity index (χ2v) is 16.7. The number of carbonyl (C=O) groups excluding carboxylic acids is 1. The minimum atomic E-state index is -0.899. The normalized spacial score (nSPS) is 14.9. The molecule has 0 bridgehead atoms. The predicted molar refractivity (Wildman–Crippen MR) is 258 cm³/mol. The molecular weight excluding hydrogens is 837 g/mol. The molecule has 2 unspecified atom stereocenters. The fourth-order valence-corrected chi connectivity index (χ4v) is 7.61. The van der Waals surface area contributed by atoms with Crippen molar-refractivity contribution >= 4 is 23.3 Å². The number of aliphatic hydroxyl groups is 2. The van der Waals surface area contributed by atoms with Gasteiger partial charge in [-0.1, -0.05) is 128 Å². The van der Waals surface area contributed by atoms with Crippen LogP contribution in [0.25, 0.3) is 5.57 Å². The SMILES string of the molecule is CC(C(=O)O)c1cccc(C(=O)c2ccccc2)c1.CN(C)CCC=C1c2ccccc2COc2ccccc21.COc1ccccc1OCC(O)CO.NCC1(CC(=O)O)CCCCC1. The van der Waals surface area contributed by atoms with Crippen molar-refractivity contribution in [2.45, 2.75) is 70.5 Å². The van der Waals surface area contributed by atoms with Gasteiger partial charge in [0.15, 0.2) is 17.3 Å². The molecule has 0 spiro atoms. The molecule has 6 N–H and O–H groups in total. The van der Waals surface area contributed by atoms with E-state index in [1.54, 1.807) is 74.7 Å².